The second-order valence-corrected chi connectivity index (χ2v) is 7.51. The van der Waals surface area contributed by atoms with Crippen molar-refractivity contribution in [2.75, 3.05) is 6.54 Å². The molecule has 1 aromatic carbocycles. The summed E-state index contributed by atoms with van der Waals surface area (Å²) in [7, 11) is 0. The summed E-state index contributed by atoms with van der Waals surface area (Å²) in [5, 5.41) is 25.8. The quantitative estimate of drug-likeness (QED) is 0.417. The molecular weight excluding hydrogens is 427 g/mol. The number of rotatable bonds is 5. The number of nitro benzene ring substituents is 1. The smallest absolute Gasteiger partial charge is 0.363 e. The molecule has 1 aliphatic heterocycles. The van der Waals surface area contributed by atoms with Crippen LogP contribution in [0.25, 0.3) is 0 Å². The number of Topliss-reactive ketones (excluding diaryl/α,β-unsaturated/α-hetero) is 1. The first-order valence-electron chi connectivity index (χ1n) is 8.71. The van der Waals surface area contributed by atoms with Gasteiger partial charge in [0.05, 0.1) is 15.8 Å². The maximum atomic E-state index is 14.2. The van der Waals surface area contributed by atoms with Crippen LogP contribution in [0, 0.1) is 16.0 Å². The fourth-order valence-corrected chi connectivity index (χ4v) is 4.28. The van der Waals surface area contributed by atoms with Crippen LogP contribution >= 0.6 is 11.3 Å². The van der Waals surface area contributed by atoms with Crippen LogP contribution in [0.5, 0.6) is 0 Å². The Bertz CT molecular complexity index is 982. The molecule has 2 N–H and O–H groups in total. The fraction of sp³-hybridized carbons (Fsp3) is 0.333. The minimum atomic E-state index is -5.38. The highest BCUT2D eigenvalue weighted by atomic mass is 32.1. The lowest BCUT2D eigenvalue weighted by Gasteiger charge is -2.50. The Hall–Kier alpha value is -2.99. The number of carbonyl (C=O) groups is 2. The van der Waals surface area contributed by atoms with E-state index in [1.54, 1.807) is 0 Å². The van der Waals surface area contributed by atoms with Crippen molar-refractivity contribution in [3.8, 4) is 0 Å². The van der Waals surface area contributed by atoms with Crippen LogP contribution in [-0.4, -0.2) is 45.2 Å². The Kier molecular flexibility index (Phi) is 5.56. The van der Waals surface area contributed by atoms with E-state index in [1.165, 1.54) is 36.6 Å². The standard InChI is InChI=1S/C18H16F3N3O5S/c1-2-23-16(26)22-14(10-5-3-6-11(9-10)24(28)29)13(17(23,27)18(19,20)21)15(25)12-7-4-8-30-12/h3-9,13-14,27H,2H2,1H3,(H,22,26)/t13-,14-,17-/m1/s1. The molecule has 3 rings (SSSR count). The third kappa shape index (κ3) is 3.41. The van der Waals surface area contributed by atoms with Gasteiger partial charge in [-0.05, 0) is 23.9 Å². The number of hydrogen-bond donors (Lipinski definition) is 2. The zero-order chi connectivity index (χ0) is 22.3. The number of urea groups is 1. The molecule has 1 fully saturated rings. The van der Waals surface area contributed by atoms with Crippen molar-refractivity contribution in [1.82, 2.24) is 10.2 Å². The molecule has 0 saturated carbocycles. The number of carbonyl (C=O) groups excluding carboxylic acids is 2. The van der Waals surface area contributed by atoms with Gasteiger partial charge in [-0.1, -0.05) is 18.2 Å². The van der Waals surface area contributed by atoms with Crippen molar-refractivity contribution >= 4 is 28.8 Å². The van der Waals surface area contributed by atoms with Crippen molar-refractivity contribution in [3.05, 3.63) is 62.3 Å². The number of alkyl halides is 3. The Morgan fingerprint density at radius 3 is 2.60 bits per heavy atom. The maximum Gasteiger partial charge on any atom is 0.437 e. The van der Waals surface area contributed by atoms with Crippen LogP contribution in [-0.2, 0) is 0 Å². The van der Waals surface area contributed by atoms with Gasteiger partial charge in [-0.25, -0.2) is 4.79 Å². The molecule has 0 bridgehead atoms. The number of nitrogens with zero attached hydrogens (tertiary/aromatic N) is 2. The first-order valence-corrected chi connectivity index (χ1v) is 9.59. The van der Waals surface area contributed by atoms with E-state index < -0.39 is 52.8 Å². The van der Waals surface area contributed by atoms with Gasteiger partial charge in [0, 0.05) is 18.7 Å². The number of hydrogen-bond acceptors (Lipinski definition) is 6. The molecule has 30 heavy (non-hydrogen) atoms. The summed E-state index contributed by atoms with van der Waals surface area (Å²) in [5.41, 5.74) is -4.36. The van der Waals surface area contributed by atoms with E-state index in [-0.39, 0.29) is 15.3 Å². The molecule has 3 atom stereocenters. The van der Waals surface area contributed by atoms with Gasteiger partial charge in [0.1, 0.15) is 5.92 Å². The Morgan fingerprint density at radius 1 is 1.37 bits per heavy atom. The fourth-order valence-electron chi connectivity index (χ4n) is 3.58. The zero-order valence-corrected chi connectivity index (χ0v) is 16.2. The van der Waals surface area contributed by atoms with Crippen molar-refractivity contribution in [3.63, 3.8) is 0 Å². The predicted octanol–water partition coefficient (Wildman–Crippen LogP) is 3.49. The molecule has 1 aliphatic rings. The molecule has 1 saturated heterocycles. The highest BCUT2D eigenvalue weighted by Gasteiger charge is 2.69. The van der Waals surface area contributed by atoms with Crippen LogP contribution in [0.3, 0.4) is 0 Å². The highest BCUT2D eigenvalue weighted by molar-refractivity contribution is 7.12. The number of halogens is 3. The molecule has 2 heterocycles. The normalized spacial score (nSPS) is 24.4. The highest BCUT2D eigenvalue weighted by Crippen LogP contribution is 2.48. The molecule has 0 spiro atoms. The summed E-state index contributed by atoms with van der Waals surface area (Å²) in [6, 6.07) is 4.45. The average Bonchev–Trinajstić information content (AvgIpc) is 3.21. The molecule has 0 unspecified atom stereocenters. The summed E-state index contributed by atoms with van der Waals surface area (Å²) in [6.45, 7) is 0.703. The van der Waals surface area contributed by atoms with Crippen molar-refractivity contribution < 1.29 is 32.8 Å². The average molecular weight is 443 g/mol. The van der Waals surface area contributed by atoms with Crippen LogP contribution < -0.4 is 5.32 Å². The van der Waals surface area contributed by atoms with E-state index in [9.17, 15) is 38.0 Å². The van der Waals surface area contributed by atoms with E-state index in [0.717, 1.165) is 23.5 Å². The van der Waals surface area contributed by atoms with Gasteiger partial charge in [-0.15, -0.1) is 11.3 Å². The van der Waals surface area contributed by atoms with Crippen molar-refractivity contribution in [1.29, 1.82) is 0 Å². The number of aliphatic hydroxyl groups is 1. The second-order valence-electron chi connectivity index (χ2n) is 6.57. The van der Waals surface area contributed by atoms with Crippen LogP contribution in [0.15, 0.2) is 41.8 Å². The molecule has 0 radical (unpaired) electrons. The van der Waals surface area contributed by atoms with Gasteiger partial charge < -0.3 is 10.4 Å². The molecule has 2 amide bonds. The lowest BCUT2D eigenvalue weighted by molar-refractivity contribution is -0.385. The van der Waals surface area contributed by atoms with Crippen LogP contribution in [0.4, 0.5) is 23.7 Å². The minimum absolute atomic E-state index is 0.0506. The number of amides is 2. The molecule has 0 aliphatic carbocycles. The first kappa shape index (κ1) is 21.7. The lowest BCUT2D eigenvalue weighted by Crippen LogP contribution is -2.73. The Balaban J connectivity index is 2.24. The van der Waals surface area contributed by atoms with E-state index >= 15 is 0 Å². The van der Waals surface area contributed by atoms with Crippen molar-refractivity contribution in [2.45, 2.75) is 24.9 Å². The Labute approximate surface area is 172 Å². The number of non-ortho nitro benzene ring substituents is 1. The largest absolute Gasteiger partial charge is 0.437 e. The van der Waals surface area contributed by atoms with E-state index in [2.05, 4.69) is 5.32 Å². The lowest BCUT2D eigenvalue weighted by atomic mass is 9.77. The predicted molar refractivity (Wildman–Crippen MR) is 99.9 cm³/mol. The van der Waals surface area contributed by atoms with Gasteiger partial charge in [0.15, 0.2) is 5.78 Å². The van der Waals surface area contributed by atoms with Gasteiger partial charge in [-0.2, -0.15) is 13.2 Å². The number of ketones is 1. The number of thiophene rings is 1. The minimum Gasteiger partial charge on any atom is -0.363 e. The summed E-state index contributed by atoms with van der Waals surface area (Å²) in [4.78, 5) is 36.0. The number of benzene rings is 1. The van der Waals surface area contributed by atoms with Gasteiger partial charge in [0.2, 0.25) is 0 Å². The van der Waals surface area contributed by atoms with Crippen LogP contribution in [0.2, 0.25) is 0 Å². The second kappa shape index (κ2) is 7.69. The molecule has 12 heteroatoms. The van der Waals surface area contributed by atoms with Gasteiger partial charge in [-0.3, -0.25) is 19.8 Å². The molecule has 2 aromatic rings. The molecule has 160 valence electrons. The zero-order valence-electron chi connectivity index (χ0n) is 15.4. The molecule has 1 aromatic heterocycles. The third-order valence-electron chi connectivity index (χ3n) is 4.92. The van der Waals surface area contributed by atoms with Gasteiger partial charge >= 0.3 is 12.2 Å². The van der Waals surface area contributed by atoms with Gasteiger partial charge in [0.25, 0.3) is 11.4 Å². The topological polar surface area (TPSA) is 113 Å². The number of nitro groups is 1. The molecule has 8 nitrogen and oxygen atoms in total. The van der Waals surface area contributed by atoms with Crippen molar-refractivity contribution in [2.24, 2.45) is 5.92 Å². The summed E-state index contributed by atoms with van der Waals surface area (Å²) < 4.78 is 42.5. The first-order chi connectivity index (χ1) is 14.0. The Morgan fingerprint density at radius 2 is 2.07 bits per heavy atom. The molecular formula is C18H16F3N3O5S. The monoisotopic (exact) mass is 443 g/mol. The summed E-state index contributed by atoms with van der Waals surface area (Å²) in [5.74, 6) is -3.24. The van der Waals surface area contributed by atoms with E-state index in [1.807, 2.05) is 0 Å². The SMILES string of the molecule is CCN1C(=O)N[C@H](c2cccc([N+](=O)[O-])c2)[C@H](C(=O)c2cccs2)[C@@]1(O)C(F)(F)F. The summed E-state index contributed by atoms with van der Waals surface area (Å²) in [6.07, 6.45) is -5.38. The maximum absolute atomic E-state index is 14.2. The number of nitrogens with one attached hydrogen (secondary N) is 1. The van der Waals surface area contributed by atoms with E-state index in [0.29, 0.717) is 0 Å². The third-order valence-corrected chi connectivity index (χ3v) is 5.81. The van der Waals surface area contributed by atoms with Crippen LogP contribution in [0.1, 0.15) is 28.2 Å². The summed E-state index contributed by atoms with van der Waals surface area (Å²) >= 11 is 0.883. The van der Waals surface area contributed by atoms with E-state index in [4.69, 9.17) is 0 Å².